The van der Waals surface area contributed by atoms with Crippen LogP contribution in [-0.2, 0) is 11.3 Å². The van der Waals surface area contributed by atoms with Crippen molar-refractivity contribution >= 4 is 17.7 Å². The molecule has 1 aromatic rings. The van der Waals surface area contributed by atoms with Crippen LogP contribution in [0.5, 0.6) is 0 Å². The number of hydrogen-bond donors (Lipinski definition) is 1. The van der Waals surface area contributed by atoms with Crippen molar-refractivity contribution in [2.45, 2.75) is 49.8 Å². The number of carbonyl (C=O) groups is 1. The number of carbonyl (C=O) groups excluding carboxylic acids is 1. The molecule has 0 atom stereocenters. The van der Waals surface area contributed by atoms with Gasteiger partial charge in [0.05, 0.1) is 18.0 Å². The van der Waals surface area contributed by atoms with E-state index in [1.807, 2.05) is 17.8 Å². The van der Waals surface area contributed by atoms with E-state index in [1.165, 1.54) is 44.9 Å². The van der Waals surface area contributed by atoms with Gasteiger partial charge in [-0.3, -0.25) is 4.79 Å². The first-order chi connectivity index (χ1) is 10.7. The van der Waals surface area contributed by atoms with Crippen LogP contribution >= 0.6 is 11.8 Å². The average molecular weight is 317 g/mol. The number of aromatic nitrogens is 2. The van der Waals surface area contributed by atoms with Gasteiger partial charge < -0.3 is 5.32 Å². The lowest BCUT2D eigenvalue weighted by Gasteiger charge is -2.56. The number of amides is 1. The van der Waals surface area contributed by atoms with E-state index in [9.17, 15) is 4.79 Å². The van der Waals surface area contributed by atoms with E-state index in [-0.39, 0.29) is 5.91 Å². The first kappa shape index (κ1) is 14.5. The van der Waals surface area contributed by atoms with E-state index >= 15 is 0 Å². The van der Waals surface area contributed by atoms with Crippen molar-refractivity contribution in [3.8, 4) is 0 Å². The minimum atomic E-state index is 0.138. The molecule has 22 heavy (non-hydrogen) atoms. The van der Waals surface area contributed by atoms with Gasteiger partial charge in [0.2, 0.25) is 5.91 Å². The summed E-state index contributed by atoms with van der Waals surface area (Å²) >= 11 is 1.93. The van der Waals surface area contributed by atoms with Gasteiger partial charge in [-0.25, -0.2) is 9.97 Å². The molecule has 0 spiro atoms. The molecule has 0 aliphatic heterocycles. The quantitative estimate of drug-likeness (QED) is 0.907. The standard InChI is InChI=1S/C17H23N3OS/c21-16(19-9-15-1-2-18-11-20-15)10-22-17-6-12-3-13(7-17)5-14(4-12)8-17/h1-2,11-14H,3-10H2,(H,19,21). The highest BCUT2D eigenvalue weighted by Gasteiger charge is 2.51. The van der Waals surface area contributed by atoms with E-state index in [2.05, 4.69) is 15.3 Å². The fourth-order valence-electron chi connectivity index (χ4n) is 5.09. The number of thioether (sulfide) groups is 1. The summed E-state index contributed by atoms with van der Waals surface area (Å²) in [5.41, 5.74) is 0.864. The fraction of sp³-hybridized carbons (Fsp3) is 0.706. The highest BCUT2D eigenvalue weighted by molar-refractivity contribution is 8.01. The number of nitrogens with zero attached hydrogens (tertiary/aromatic N) is 2. The highest BCUT2D eigenvalue weighted by atomic mass is 32.2. The van der Waals surface area contributed by atoms with Crippen LogP contribution in [0, 0.1) is 17.8 Å². The van der Waals surface area contributed by atoms with Gasteiger partial charge >= 0.3 is 0 Å². The van der Waals surface area contributed by atoms with Crippen molar-refractivity contribution < 1.29 is 4.79 Å². The molecule has 4 nitrogen and oxygen atoms in total. The van der Waals surface area contributed by atoms with Gasteiger partial charge in [-0.1, -0.05) is 0 Å². The van der Waals surface area contributed by atoms with Crippen LogP contribution in [0.15, 0.2) is 18.6 Å². The van der Waals surface area contributed by atoms with Gasteiger partial charge in [-0.15, -0.1) is 11.8 Å². The Labute approximate surface area is 135 Å². The summed E-state index contributed by atoms with van der Waals surface area (Å²) in [6.45, 7) is 0.503. The number of nitrogens with one attached hydrogen (secondary N) is 1. The average Bonchev–Trinajstić information content (AvgIpc) is 2.51. The maximum atomic E-state index is 12.1. The smallest absolute Gasteiger partial charge is 0.230 e. The van der Waals surface area contributed by atoms with Crippen LogP contribution in [0.3, 0.4) is 0 Å². The molecular formula is C17H23N3OS. The Kier molecular flexibility index (Phi) is 3.84. The van der Waals surface area contributed by atoms with E-state index in [0.29, 0.717) is 17.0 Å². The van der Waals surface area contributed by atoms with Crippen LogP contribution < -0.4 is 5.32 Å². The molecule has 1 aromatic heterocycles. The molecule has 1 amide bonds. The molecule has 1 N–H and O–H groups in total. The number of rotatable bonds is 5. The Morgan fingerprint density at radius 1 is 1.23 bits per heavy atom. The molecule has 4 bridgehead atoms. The Morgan fingerprint density at radius 3 is 2.50 bits per heavy atom. The number of hydrogen-bond acceptors (Lipinski definition) is 4. The molecule has 4 saturated carbocycles. The van der Waals surface area contributed by atoms with Crippen LogP contribution in [-0.4, -0.2) is 26.4 Å². The summed E-state index contributed by atoms with van der Waals surface area (Å²) in [4.78, 5) is 20.2. The van der Waals surface area contributed by atoms with Crippen LogP contribution in [0.25, 0.3) is 0 Å². The lowest BCUT2D eigenvalue weighted by Crippen LogP contribution is -2.49. The Bertz CT molecular complexity index is 513. The molecule has 4 aliphatic carbocycles. The second-order valence-electron chi connectivity index (χ2n) is 7.37. The van der Waals surface area contributed by atoms with Crippen LogP contribution in [0.4, 0.5) is 0 Å². The van der Waals surface area contributed by atoms with Gasteiger partial charge in [-0.2, -0.15) is 0 Å². The summed E-state index contributed by atoms with van der Waals surface area (Å²) in [6.07, 6.45) is 11.7. The zero-order valence-corrected chi connectivity index (χ0v) is 13.6. The molecule has 0 unspecified atom stereocenters. The van der Waals surface area contributed by atoms with E-state index in [4.69, 9.17) is 0 Å². The second kappa shape index (κ2) is 5.84. The zero-order valence-electron chi connectivity index (χ0n) is 12.8. The summed E-state index contributed by atoms with van der Waals surface area (Å²) in [7, 11) is 0. The molecule has 118 valence electrons. The highest BCUT2D eigenvalue weighted by Crippen LogP contribution is 2.60. The van der Waals surface area contributed by atoms with Crippen molar-refractivity contribution in [2.75, 3.05) is 5.75 Å². The minimum Gasteiger partial charge on any atom is -0.350 e. The van der Waals surface area contributed by atoms with Crippen molar-refractivity contribution in [3.05, 3.63) is 24.3 Å². The Hall–Kier alpha value is -1.10. The predicted octanol–water partition coefficient (Wildman–Crippen LogP) is 2.79. The predicted molar refractivity (Wildman–Crippen MR) is 87.2 cm³/mol. The summed E-state index contributed by atoms with van der Waals surface area (Å²) in [6, 6.07) is 1.84. The maximum Gasteiger partial charge on any atom is 0.230 e. The van der Waals surface area contributed by atoms with Crippen LogP contribution in [0.2, 0.25) is 0 Å². The van der Waals surface area contributed by atoms with Crippen molar-refractivity contribution in [3.63, 3.8) is 0 Å². The van der Waals surface area contributed by atoms with Gasteiger partial charge in [0.1, 0.15) is 6.33 Å². The molecule has 5 heteroatoms. The molecule has 0 radical (unpaired) electrons. The van der Waals surface area contributed by atoms with Gasteiger partial charge in [-0.05, 0) is 62.3 Å². The molecule has 0 aromatic carbocycles. The van der Waals surface area contributed by atoms with Crippen LogP contribution in [0.1, 0.15) is 44.2 Å². The summed E-state index contributed by atoms with van der Waals surface area (Å²) in [5, 5.41) is 2.98. The van der Waals surface area contributed by atoms with E-state index < -0.39 is 0 Å². The summed E-state index contributed by atoms with van der Waals surface area (Å²) < 4.78 is 0.418. The largest absolute Gasteiger partial charge is 0.350 e. The molecule has 1 heterocycles. The van der Waals surface area contributed by atoms with E-state index in [1.54, 1.807) is 6.20 Å². The Balaban J connectivity index is 1.28. The van der Waals surface area contributed by atoms with Crippen molar-refractivity contribution in [1.29, 1.82) is 0 Å². The van der Waals surface area contributed by atoms with Gasteiger partial charge in [0, 0.05) is 10.9 Å². The normalized spacial score (nSPS) is 35.5. The molecule has 5 rings (SSSR count). The Morgan fingerprint density at radius 2 is 1.91 bits per heavy atom. The lowest BCUT2D eigenvalue weighted by atomic mass is 9.56. The molecule has 4 aliphatic rings. The zero-order chi connectivity index (χ0) is 15.0. The van der Waals surface area contributed by atoms with Crippen molar-refractivity contribution in [2.24, 2.45) is 17.8 Å². The maximum absolute atomic E-state index is 12.1. The van der Waals surface area contributed by atoms with Gasteiger partial charge in [0.15, 0.2) is 0 Å². The molecule has 0 saturated heterocycles. The SMILES string of the molecule is O=C(CSC12CC3CC(CC(C3)C1)C2)NCc1ccncn1. The topological polar surface area (TPSA) is 54.9 Å². The minimum absolute atomic E-state index is 0.138. The monoisotopic (exact) mass is 317 g/mol. The lowest BCUT2D eigenvalue weighted by molar-refractivity contribution is -0.118. The second-order valence-corrected chi connectivity index (χ2v) is 8.81. The first-order valence-corrected chi connectivity index (χ1v) is 9.35. The molecular weight excluding hydrogens is 294 g/mol. The third kappa shape index (κ3) is 3.00. The molecule has 4 fully saturated rings. The first-order valence-electron chi connectivity index (χ1n) is 8.36. The summed E-state index contributed by atoms with van der Waals surface area (Å²) in [5.74, 6) is 3.57. The van der Waals surface area contributed by atoms with Gasteiger partial charge in [0.25, 0.3) is 0 Å². The third-order valence-corrected chi connectivity index (χ3v) is 7.12. The van der Waals surface area contributed by atoms with E-state index in [0.717, 1.165) is 23.4 Å². The third-order valence-electron chi connectivity index (χ3n) is 5.60. The fourth-order valence-corrected chi connectivity index (χ4v) is 6.69. The van der Waals surface area contributed by atoms with Crippen molar-refractivity contribution in [1.82, 2.24) is 15.3 Å².